The van der Waals surface area contributed by atoms with Gasteiger partial charge >= 0.3 is 13.2 Å². The van der Waals surface area contributed by atoms with Gasteiger partial charge in [0.05, 0.1) is 24.6 Å². The monoisotopic (exact) mass is 375 g/mol. The maximum absolute atomic E-state index is 13.3. The molecule has 6 nitrogen and oxygen atoms in total. The summed E-state index contributed by atoms with van der Waals surface area (Å²) in [6.45, 7) is 4.13. The van der Waals surface area contributed by atoms with Crippen molar-refractivity contribution in [2.45, 2.75) is 26.7 Å². The number of hydrogen-bond donors (Lipinski definition) is 0. The van der Waals surface area contributed by atoms with Gasteiger partial charge in [-0.25, -0.2) is 4.57 Å². The highest BCUT2D eigenvalue weighted by molar-refractivity contribution is 7.72. The maximum Gasteiger partial charge on any atom is 0.419 e. The van der Waals surface area contributed by atoms with E-state index in [0.29, 0.717) is 35.7 Å². The molecule has 1 aliphatic rings. The van der Waals surface area contributed by atoms with Gasteiger partial charge < -0.3 is 13.8 Å². The molecule has 0 saturated carbocycles. The summed E-state index contributed by atoms with van der Waals surface area (Å²) in [6, 6.07) is 14.2. The zero-order chi connectivity index (χ0) is 18.6. The van der Waals surface area contributed by atoms with Gasteiger partial charge in [0.1, 0.15) is 0 Å². The number of amides is 1. The summed E-state index contributed by atoms with van der Waals surface area (Å²) in [7, 11) is -3.99. The smallest absolute Gasteiger partial charge is 0.419 e. The summed E-state index contributed by atoms with van der Waals surface area (Å²) in [5, 5.41) is 0. The highest BCUT2D eigenvalue weighted by atomic mass is 31.2. The van der Waals surface area contributed by atoms with Gasteiger partial charge in [-0.2, -0.15) is 0 Å². The third kappa shape index (κ3) is 3.54. The van der Waals surface area contributed by atoms with E-state index >= 15 is 0 Å². The Morgan fingerprint density at radius 2 is 1.38 bits per heavy atom. The zero-order valence-electron chi connectivity index (χ0n) is 14.9. The van der Waals surface area contributed by atoms with E-state index in [1.165, 1.54) is 4.90 Å². The fraction of sp³-hybridized carbons (Fsp3) is 0.316. The van der Waals surface area contributed by atoms with E-state index in [0.717, 1.165) is 0 Å². The predicted molar refractivity (Wildman–Crippen MR) is 101 cm³/mol. The summed E-state index contributed by atoms with van der Waals surface area (Å²) in [6.07, 6.45) is 1.26. The third-order valence-electron chi connectivity index (χ3n) is 3.79. The molecule has 0 N–H and O–H groups in total. The molecule has 0 fully saturated rings. The Kier molecular flexibility index (Phi) is 5.77. The van der Waals surface area contributed by atoms with Crippen LogP contribution in [0.15, 0.2) is 48.5 Å². The molecule has 2 aromatic carbocycles. The van der Waals surface area contributed by atoms with Crippen molar-refractivity contribution >= 4 is 24.6 Å². The number of carbonyl (C=O) groups excluding carboxylic acids is 1. The Morgan fingerprint density at radius 1 is 0.923 bits per heavy atom. The molecule has 0 spiro atoms. The van der Waals surface area contributed by atoms with Gasteiger partial charge in [-0.3, -0.25) is 9.69 Å². The molecule has 0 saturated heterocycles. The average Bonchev–Trinajstić information content (AvgIpc) is 2.68. The number of fused-ring (bicyclic) bond motifs is 2. The van der Waals surface area contributed by atoms with Crippen molar-refractivity contribution in [3.05, 3.63) is 48.5 Å². The standard InChI is InChI=1S/C19H22NO5P/c1-3-13-23-26(22,24-14-4-2)19(21)20-15-9-5-7-11-17(15)25-18-12-8-6-10-16(18)20/h5-12H,3-4,13-14H2,1-2H3. The van der Waals surface area contributed by atoms with Crippen molar-refractivity contribution in [2.75, 3.05) is 18.1 Å². The minimum absolute atomic E-state index is 0.181. The first-order valence-corrected chi connectivity index (χ1v) is 10.2. The molecule has 0 aromatic heterocycles. The first-order chi connectivity index (χ1) is 12.6. The normalized spacial score (nSPS) is 12.9. The summed E-state index contributed by atoms with van der Waals surface area (Å²) in [5.41, 5.74) is 0.316. The van der Waals surface area contributed by atoms with Crippen LogP contribution < -0.4 is 9.64 Å². The van der Waals surface area contributed by atoms with Crippen LogP contribution in [-0.2, 0) is 13.6 Å². The second-order valence-electron chi connectivity index (χ2n) is 5.82. The second kappa shape index (κ2) is 8.04. The molecule has 2 aromatic rings. The summed E-state index contributed by atoms with van der Waals surface area (Å²) in [5.74, 6) is 1.02. The zero-order valence-corrected chi connectivity index (χ0v) is 15.8. The van der Waals surface area contributed by atoms with Crippen molar-refractivity contribution < 1.29 is 23.1 Å². The first-order valence-electron chi connectivity index (χ1n) is 8.70. The Balaban J connectivity index is 2.06. The SMILES string of the molecule is CCCOP(=O)(OCCC)C(=O)N1c2ccccc2Oc2ccccc21. The molecule has 0 atom stereocenters. The van der Waals surface area contributed by atoms with E-state index in [1.54, 1.807) is 36.4 Å². The van der Waals surface area contributed by atoms with E-state index in [1.807, 2.05) is 26.0 Å². The van der Waals surface area contributed by atoms with E-state index in [9.17, 15) is 9.36 Å². The number of anilines is 2. The van der Waals surface area contributed by atoms with Gasteiger partial charge in [-0.05, 0) is 37.1 Å². The second-order valence-corrected chi connectivity index (χ2v) is 7.71. The molecule has 3 rings (SSSR count). The van der Waals surface area contributed by atoms with Crippen molar-refractivity contribution in [2.24, 2.45) is 0 Å². The highest BCUT2D eigenvalue weighted by Crippen LogP contribution is 2.56. The van der Waals surface area contributed by atoms with Crippen LogP contribution in [0, 0.1) is 0 Å². The molecular weight excluding hydrogens is 353 g/mol. The lowest BCUT2D eigenvalue weighted by atomic mass is 10.2. The van der Waals surface area contributed by atoms with Crippen molar-refractivity contribution in [1.29, 1.82) is 0 Å². The van der Waals surface area contributed by atoms with Crippen LogP contribution in [-0.4, -0.2) is 18.9 Å². The number of para-hydroxylation sites is 4. The molecule has 0 bridgehead atoms. The van der Waals surface area contributed by atoms with Crippen molar-refractivity contribution in [3.63, 3.8) is 0 Å². The van der Waals surface area contributed by atoms with Crippen LogP contribution in [0.1, 0.15) is 26.7 Å². The molecule has 1 heterocycles. The molecule has 26 heavy (non-hydrogen) atoms. The van der Waals surface area contributed by atoms with Gasteiger partial charge in [0.15, 0.2) is 11.5 Å². The van der Waals surface area contributed by atoms with E-state index < -0.39 is 13.2 Å². The lowest BCUT2D eigenvalue weighted by Gasteiger charge is -2.32. The van der Waals surface area contributed by atoms with Crippen LogP contribution in [0.4, 0.5) is 16.2 Å². The van der Waals surface area contributed by atoms with Crippen molar-refractivity contribution in [1.82, 2.24) is 0 Å². The molecule has 1 amide bonds. The van der Waals surface area contributed by atoms with Crippen LogP contribution in [0.25, 0.3) is 0 Å². The third-order valence-corrected chi connectivity index (χ3v) is 5.50. The molecular formula is C19H22NO5P. The van der Waals surface area contributed by atoms with Gasteiger partial charge in [-0.1, -0.05) is 38.1 Å². The number of carbonyl (C=O) groups is 1. The van der Waals surface area contributed by atoms with E-state index in [4.69, 9.17) is 13.8 Å². The number of benzene rings is 2. The molecule has 0 radical (unpaired) electrons. The molecule has 1 aliphatic heterocycles. The van der Waals surface area contributed by atoms with Gasteiger partial charge in [0.2, 0.25) is 0 Å². The lowest BCUT2D eigenvalue weighted by molar-refractivity contribution is 0.199. The predicted octanol–water partition coefficient (Wildman–Crippen LogP) is 6.10. The maximum atomic E-state index is 13.3. The first kappa shape index (κ1) is 18.6. The highest BCUT2D eigenvalue weighted by Gasteiger charge is 2.43. The van der Waals surface area contributed by atoms with Crippen LogP contribution >= 0.6 is 7.60 Å². The van der Waals surface area contributed by atoms with Gasteiger partial charge in [0.25, 0.3) is 0 Å². The fourth-order valence-electron chi connectivity index (χ4n) is 2.60. The number of ether oxygens (including phenoxy) is 1. The molecule has 0 unspecified atom stereocenters. The van der Waals surface area contributed by atoms with Crippen LogP contribution in [0.2, 0.25) is 0 Å². The lowest BCUT2D eigenvalue weighted by Crippen LogP contribution is -2.28. The van der Waals surface area contributed by atoms with Gasteiger partial charge in [-0.15, -0.1) is 0 Å². The topological polar surface area (TPSA) is 65.1 Å². The summed E-state index contributed by atoms with van der Waals surface area (Å²) >= 11 is 0. The Bertz CT molecular complexity index is 781. The molecule has 7 heteroatoms. The number of rotatable bonds is 7. The van der Waals surface area contributed by atoms with E-state index in [2.05, 4.69) is 0 Å². The Hall–Kier alpha value is -2.14. The fourth-order valence-corrected chi connectivity index (χ4v) is 4.21. The average molecular weight is 375 g/mol. The Morgan fingerprint density at radius 3 is 1.85 bits per heavy atom. The molecule has 138 valence electrons. The van der Waals surface area contributed by atoms with Gasteiger partial charge in [0, 0.05) is 0 Å². The van der Waals surface area contributed by atoms with Crippen LogP contribution in [0.5, 0.6) is 11.5 Å². The minimum atomic E-state index is -3.99. The largest absolute Gasteiger partial charge is 0.453 e. The number of hydrogen-bond acceptors (Lipinski definition) is 5. The summed E-state index contributed by atoms with van der Waals surface area (Å²) in [4.78, 5) is 14.7. The summed E-state index contributed by atoms with van der Waals surface area (Å²) < 4.78 is 30.0. The van der Waals surface area contributed by atoms with E-state index in [-0.39, 0.29) is 13.2 Å². The Labute approximate surface area is 153 Å². The van der Waals surface area contributed by atoms with Crippen molar-refractivity contribution in [3.8, 4) is 11.5 Å². The minimum Gasteiger partial charge on any atom is -0.453 e. The molecule has 0 aliphatic carbocycles. The van der Waals surface area contributed by atoms with Crippen LogP contribution in [0.3, 0.4) is 0 Å². The number of nitrogens with zero attached hydrogens (tertiary/aromatic N) is 1. The quantitative estimate of drug-likeness (QED) is 0.547.